The summed E-state index contributed by atoms with van der Waals surface area (Å²) in [6, 6.07) is 10.7. The fourth-order valence-corrected chi connectivity index (χ4v) is 2.38. The van der Waals surface area contributed by atoms with Crippen LogP contribution >= 0.6 is 15.9 Å². The molecule has 2 rings (SSSR count). The van der Waals surface area contributed by atoms with Crippen molar-refractivity contribution in [2.75, 3.05) is 0 Å². The van der Waals surface area contributed by atoms with E-state index in [1.807, 2.05) is 38.1 Å². The summed E-state index contributed by atoms with van der Waals surface area (Å²) >= 11 is 3.25. The minimum Gasteiger partial charge on any atom is -0.271 e. The van der Waals surface area contributed by atoms with E-state index in [0.717, 1.165) is 11.1 Å². The first kappa shape index (κ1) is 14.2. The summed E-state index contributed by atoms with van der Waals surface area (Å²) in [6.07, 6.45) is 0. The SMILES string of the molecule is Cc1ccc(C(NN)c2ccc(Br)cc2F)cc1C. The molecule has 1 atom stereocenters. The lowest BCUT2D eigenvalue weighted by molar-refractivity contribution is 0.559. The summed E-state index contributed by atoms with van der Waals surface area (Å²) in [5, 5.41) is 0. The van der Waals surface area contributed by atoms with Crippen LogP contribution < -0.4 is 11.3 Å². The van der Waals surface area contributed by atoms with Crippen molar-refractivity contribution < 1.29 is 4.39 Å². The molecule has 4 heteroatoms. The monoisotopic (exact) mass is 322 g/mol. The number of aryl methyl sites for hydroxylation is 2. The van der Waals surface area contributed by atoms with Gasteiger partial charge in [-0.2, -0.15) is 0 Å². The Hall–Kier alpha value is -1.23. The Morgan fingerprint density at radius 2 is 1.84 bits per heavy atom. The lowest BCUT2D eigenvalue weighted by atomic mass is 9.96. The first-order chi connectivity index (χ1) is 9.02. The van der Waals surface area contributed by atoms with Crippen molar-refractivity contribution in [3.63, 3.8) is 0 Å². The molecule has 19 heavy (non-hydrogen) atoms. The van der Waals surface area contributed by atoms with Crippen LogP contribution in [0.15, 0.2) is 40.9 Å². The predicted octanol–water partition coefficient (Wildman–Crippen LogP) is 3.76. The van der Waals surface area contributed by atoms with Crippen LogP contribution in [0.4, 0.5) is 4.39 Å². The third-order valence-electron chi connectivity index (χ3n) is 3.30. The van der Waals surface area contributed by atoms with Crippen LogP contribution in [0.5, 0.6) is 0 Å². The lowest BCUT2D eigenvalue weighted by Crippen LogP contribution is -2.29. The molecular formula is C15H16BrFN2. The molecule has 2 aromatic carbocycles. The van der Waals surface area contributed by atoms with Gasteiger partial charge in [0, 0.05) is 10.0 Å². The van der Waals surface area contributed by atoms with E-state index in [1.54, 1.807) is 6.07 Å². The summed E-state index contributed by atoms with van der Waals surface area (Å²) in [5.41, 5.74) is 6.54. The van der Waals surface area contributed by atoms with Gasteiger partial charge in [-0.3, -0.25) is 5.84 Å². The van der Waals surface area contributed by atoms with Gasteiger partial charge in [0.1, 0.15) is 5.82 Å². The highest BCUT2D eigenvalue weighted by atomic mass is 79.9. The highest BCUT2D eigenvalue weighted by Crippen LogP contribution is 2.27. The molecule has 0 aliphatic carbocycles. The second kappa shape index (κ2) is 5.82. The van der Waals surface area contributed by atoms with E-state index in [4.69, 9.17) is 5.84 Å². The van der Waals surface area contributed by atoms with Crippen LogP contribution in [0, 0.1) is 19.7 Å². The molecule has 0 aliphatic rings. The first-order valence-electron chi connectivity index (χ1n) is 6.01. The van der Waals surface area contributed by atoms with Gasteiger partial charge in [0.15, 0.2) is 0 Å². The predicted molar refractivity (Wildman–Crippen MR) is 79.2 cm³/mol. The number of hydrogen-bond acceptors (Lipinski definition) is 2. The highest BCUT2D eigenvalue weighted by molar-refractivity contribution is 9.10. The number of nitrogens with two attached hydrogens (primary N) is 1. The second-order valence-corrected chi connectivity index (χ2v) is 5.52. The average molecular weight is 323 g/mol. The number of halogens is 2. The lowest BCUT2D eigenvalue weighted by Gasteiger charge is -2.19. The van der Waals surface area contributed by atoms with Crippen LogP contribution in [-0.4, -0.2) is 0 Å². The quantitative estimate of drug-likeness (QED) is 0.667. The molecule has 0 fully saturated rings. The molecular weight excluding hydrogens is 307 g/mol. The van der Waals surface area contributed by atoms with Crippen LogP contribution in [0.2, 0.25) is 0 Å². The smallest absolute Gasteiger partial charge is 0.129 e. The highest BCUT2D eigenvalue weighted by Gasteiger charge is 2.17. The van der Waals surface area contributed by atoms with Crippen LogP contribution in [-0.2, 0) is 0 Å². The van der Waals surface area contributed by atoms with Gasteiger partial charge >= 0.3 is 0 Å². The summed E-state index contributed by atoms with van der Waals surface area (Å²) in [5.74, 6) is 5.32. The van der Waals surface area contributed by atoms with Gasteiger partial charge in [0.2, 0.25) is 0 Å². The summed E-state index contributed by atoms with van der Waals surface area (Å²) in [4.78, 5) is 0. The van der Waals surface area contributed by atoms with Gasteiger partial charge in [0.25, 0.3) is 0 Å². The Balaban J connectivity index is 2.46. The van der Waals surface area contributed by atoms with Crippen LogP contribution in [0.1, 0.15) is 28.3 Å². The Kier molecular flexibility index (Phi) is 4.34. The van der Waals surface area contributed by atoms with Gasteiger partial charge in [0.05, 0.1) is 6.04 Å². The van der Waals surface area contributed by atoms with Crippen molar-refractivity contribution in [1.29, 1.82) is 0 Å². The van der Waals surface area contributed by atoms with Crippen molar-refractivity contribution in [2.24, 2.45) is 5.84 Å². The van der Waals surface area contributed by atoms with Gasteiger partial charge in [-0.05, 0) is 42.7 Å². The van der Waals surface area contributed by atoms with Gasteiger partial charge in [-0.15, -0.1) is 0 Å². The maximum Gasteiger partial charge on any atom is 0.129 e. The minimum absolute atomic E-state index is 0.282. The van der Waals surface area contributed by atoms with E-state index in [2.05, 4.69) is 21.4 Å². The molecule has 0 amide bonds. The first-order valence-corrected chi connectivity index (χ1v) is 6.80. The molecule has 0 bridgehead atoms. The largest absolute Gasteiger partial charge is 0.271 e. The van der Waals surface area contributed by atoms with Crippen molar-refractivity contribution in [3.05, 3.63) is 68.9 Å². The number of nitrogens with one attached hydrogen (secondary N) is 1. The molecule has 0 aliphatic heterocycles. The number of benzene rings is 2. The van der Waals surface area contributed by atoms with Gasteiger partial charge < -0.3 is 0 Å². The third kappa shape index (κ3) is 3.03. The zero-order chi connectivity index (χ0) is 14.0. The van der Waals surface area contributed by atoms with E-state index in [1.165, 1.54) is 11.6 Å². The number of hydrogen-bond donors (Lipinski definition) is 2. The minimum atomic E-state index is -0.354. The van der Waals surface area contributed by atoms with E-state index < -0.39 is 0 Å². The van der Waals surface area contributed by atoms with Crippen molar-refractivity contribution in [2.45, 2.75) is 19.9 Å². The maximum atomic E-state index is 14.0. The van der Waals surface area contributed by atoms with E-state index in [0.29, 0.717) is 10.0 Å². The molecule has 0 saturated heterocycles. The third-order valence-corrected chi connectivity index (χ3v) is 3.80. The topological polar surface area (TPSA) is 38.0 Å². The Labute approximate surface area is 120 Å². The molecule has 0 radical (unpaired) electrons. The summed E-state index contributed by atoms with van der Waals surface area (Å²) in [7, 11) is 0. The maximum absolute atomic E-state index is 14.0. The molecule has 1 unspecified atom stereocenters. The molecule has 100 valence electrons. The zero-order valence-electron chi connectivity index (χ0n) is 10.9. The van der Waals surface area contributed by atoms with Crippen LogP contribution in [0.3, 0.4) is 0 Å². The van der Waals surface area contributed by atoms with E-state index in [9.17, 15) is 4.39 Å². The number of hydrazine groups is 1. The van der Waals surface area contributed by atoms with Gasteiger partial charge in [-0.1, -0.05) is 40.2 Å². The Morgan fingerprint density at radius 3 is 2.42 bits per heavy atom. The standard InChI is InChI=1S/C15H16BrFN2/c1-9-3-4-11(7-10(9)2)15(19-18)13-6-5-12(16)8-14(13)17/h3-8,15,19H,18H2,1-2H3. The molecule has 2 aromatic rings. The molecule has 0 saturated carbocycles. The molecule has 0 aromatic heterocycles. The molecule has 0 spiro atoms. The normalized spacial score (nSPS) is 12.5. The Bertz CT molecular complexity index is 599. The number of rotatable bonds is 3. The van der Waals surface area contributed by atoms with E-state index >= 15 is 0 Å². The van der Waals surface area contributed by atoms with Crippen molar-refractivity contribution in [1.82, 2.24) is 5.43 Å². The summed E-state index contributed by atoms with van der Waals surface area (Å²) < 4.78 is 14.7. The molecule has 3 N–H and O–H groups in total. The Morgan fingerprint density at radius 1 is 1.11 bits per heavy atom. The van der Waals surface area contributed by atoms with Crippen LogP contribution in [0.25, 0.3) is 0 Å². The van der Waals surface area contributed by atoms with Gasteiger partial charge in [-0.25, -0.2) is 9.82 Å². The fraction of sp³-hybridized carbons (Fsp3) is 0.200. The van der Waals surface area contributed by atoms with Crippen molar-refractivity contribution in [3.8, 4) is 0 Å². The fourth-order valence-electron chi connectivity index (χ4n) is 2.05. The average Bonchev–Trinajstić information content (AvgIpc) is 2.37. The zero-order valence-corrected chi connectivity index (χ0v) is 12.5. The second-order valence-electron chi connectivity index (χ2n) is 4.61. The molecule has 0 heterocycles. The van der Waals surface area contributed by atoms with E-state index in [-0.39, 0.29) is 11.9 Å². The summed E-state index contributed by atoms with van der Waals surface area (Å²) in [6.45, 7) is 4.08. The molecule has 2 nitrogen and oxygen atoms in total. The van der Waals surface area contributed by atoms with Crippen molar-refractivity contribution >= 4 is 15.9 Å².